The van der Waals surface area contributed by atoms with Crippen LogP contribution in [0.2, 0.25) is 0 Å². The van der Waals surface area contributed by atoms with Gasteiger partial charge in [-0.15, -0.1) is 0 Å². The van der Waals surface area contributed by atoms with Gasteiger partial charge >= 0.3 is 0 Å². The molecule has 3 heterocycles. The molecule has 1 N–H and O–H groups in total. The summed E-state index contributed by atoms with van der Waals surface area (Å²) in [6.45, 7) is 3.06. The van der Waals surface area contributed by atoms with Gasteiger partial charge in [-0.2, -0.15) is 5.16 Å². The average molecular weight is 338 g/mol. The zero-order valence-electron chi connectivity index (χ0n) is 13.8. The number of amides is 1. The normalized spacial score (nSPS) is 16.0. The molecular formula is C18H18N4O3. The van der Waals surface area contributed by atoms with Gasteiger partial charge in [-0.05, 0) is 12.1 Å². The molecule has 0 radical (unpaired) electrons. The van der Waals surface area contributed by atoms with E-state index in [4.69, 9.17) is 4.52 Å². The number of hydrogen-bond donors (Lipinski definition) is 1. The molecule has 4 rings (SSSR count). The summed E-state index contributed by atoms with van der Waals surface area (Å²) < 4.78 is 5.10. The second-order valence-corrected chi connectivity index (χ2v) is 6.51. The second kappa shape index (κ2) is 6.16. The monoisotopic (exact) mass is 338 g/mol. The standard InChI is InChI=1S/C18H18N4O3/c1-11(6-13-8-19-14-4-2-3-5-15(14)20-13)18(24)22-9-12(10-22)16-7-17(23)21-25-16/h2-5,7-8,11-12H,6,9-10H2,1H3,(H,21,23). The van der Waals surface area contributed by atoms with E-state index in [-0.39, 0.29) is 23.3 Å². The number of H-pyrrole nitrogens is 1. The second-order valence-electron chi connectivity index (χ2n) is 6.51. The van der Waals surface area contributed by atoms with E-state index in [1.54, 1.807) is 11.1 Å². The highest BCUT2D eigenvalue weighted by Gasteiger charge is 2.36. The molecule has 7 nitrogen and oxygen atoms in total. The summed E-state index contributed by atoms with van der Waals surface area (Å²) in [6, 6.07) is 9.13. The van der Waals surface area contributed by atoms with Gasteiger partial charge in [-0.25, -0.2) is 4.98 Å². The van der Waals surface area contributed by atoms with Crippen molar-refractivity contribution in [1.82, 2.24) is 20.0 Å². The van der Waals surface area contributed by atoms with Crippen molar-refractivity contribution < 1.29 is 9.32 Å². The lowest BCUT2D eigenvalue weighted by Gasteiger charge is -2.39. The van der Waals surface area contributed by atoms with Gasteiger partial charge in [0.15, 0.2) is 0 Å². The van der Waals surface area contributed by atoms with Crippen LogP contribution in [0.3, 0.4) is 0 Å². The molecule has 1 fully saturated rings. The summed E-state index contributed by atoms with van der Waals surface area (Å²) in [5.41, 5.74) is 2.26. The van der Waals surface area contributed by atoms with E-state index < -0.39 is 0 Å². The Morgan fingerprint density at radius 2 is 2.12 bits per heavy atom. The quantitative estimate of drug-likeness (QED) is 0.782. The fraction of sp³-hybridized carbons (Fsp3) is 0.333. The molecule has 0 spiro atoms. The molecule has 1 atom stereocenters. The molecule has 1 saturated heterocycles. The van der Waals surface area contributed by atoms with E-state index in [0.717, 1.165) is 16.7 Å². The smallest absolute Gasteiger partial charge is 0.280 e. The van der Waals surface area contributed by atoms with Crippen molar-refractivity contribution in [1.29, 1.82) is 0 Å². The number of nitrogens with one attached hydrogen (secondary N) is 1. The predicted octanol–water partition coefficient (Wildman–Crippen LogP) is 1.72. The van der Waals surface area contributed by atoms with Gasteiger partial charge in [0, 0.05) is 37.7 Å². The maximum atomic E-state index is 12.6. The lowest BCUT2D eigenvalue weighted by molar-refractivity contribution is -0.139. The number of carbonyl (C=O) groups excluding carboxylic acids is 1. The molecule has 1 aliphatic heterocycles. The SMILES string of the molecule is CC(Cc1cnc2ccccc2n1)C(=O)N1CC(c2cc(=O)[nH]o2)C1. The number of carbonyl (C=O) groups is 1. The minimum atomic E-state index is -0.247. The third kappa shape index (κ3) is 3.05. The zero-order valence-corrected chi connectivity index (χ0v) is 13.8. The maximum Gasteiger partial charge on any atom is 0.280 e. The van der Waals surface area contributed by atoms with Crippen LogP contribution in [0.25, 0.3) is 11.0 Å². The van der Waals surface area contributed by atoms with Crippen LogP contribution in [0.4, 0.5) is 0 Å². The number of rotatable bonds is 4. The minimum absolute atomic E-state index is 0.0871. The largest absolute Gasteiger partial charge is 0.383 e. The number of fused-ring (bicyclic) bond motifs is 1. The van der Waals surface area contributed by atoms with Crippen LogP contribution in [0.5, 0.6) is 0 Å². The van der Waals surface area contributed by atoms with Crippen LogP contribution in [0.15, 0.2) is 45.8 Å². The van der Waals surface area contributed by atoms with Gasteiger partial charge in [0.2, 0.25) is 5.91 Å². The Balaban J connectivity index is 1.38. The molecule has 0 saturated carbocycles. The number of aromatic amines is 1. The van der Waals surface area contributed by atoms with Crippen molar-refractivity contribution in [3.05, 3.63) is 58.3 Å². The van der Waals surface area contributed by atoms with Crippen molar-refractivity contribution in [2.24, 2.45) is 5.92 Å². The number of nitrogens with zero attached hydrogens (tertiary/aromatic N) is 3. The molecule has 1 aliphatic rings. The lowest BCUT2D eigenvalue weighted by atomic mass is 9.94. The Labute approximate surface area is 143 Å². The molecule has 7 heteroatoms. The van der Waals surface area contributed by atoms with Gasteiger partial charge < -0.3 is 9.42 Å². The van der Waals surface area contributed by atoms with Crippen LogP contribution in [-0.4, -0.2) is 39.0 Å². The van der Waals surface area contributed by atoms with Crippen molar-refractivity contribution in [2.75, 3.05) is 13.1 Å². The predicted molar refractivity (Wildman–Crippen MR) is 91.1 cm³/mol. The Bertz CT molecular complexity index is 971. The molecule has 2 aromatic heterocycles. The fourth-order valence-electron chi connectivity index (χ4n) is 3.14. The molecule has 0 bridgehead atoms. The first-order valence-electron chi connectivity index (χ1n) is 8.28. The molecule has 1 unspecified atom stereocenters. The van der Waals surface area contributed by atoms with Gasteiger partial charge in [0.1, 0.15) is 5.76 Å². The van der Waals surface area contributed by atoms with Gasteiger partial charge in [-0.3, -0.25) is 14.6 Å². The summed E-state index contributed by atoms with van der Waals surface area (Å²) in [4.78, 5) is 34.4. The fourth-order valence-corrected chi connectivity index (χ4v) is 3.14. The number of likely N-dealkylation sites (tertiary alicyclic amines) is 1. The first-order chi connectivity index (χ1) is 12.1. The molecule has 25 heavy (non-hydrogen) atoms. The third-order valence-corrected chi connectivity index (χ3v) is 4.57. The number of aromatic nitrogens is 3. The minimum Gasteiger partial charge on any atom is -0.383 e. The van der Waals surface area contributed by atoms with E-state index in [0.29, 0.717) is 25.3 Å². The van der Waals surface area contributed by atoms with E-state index in [2.05, 4.69) is 15.1 Å². The van der Waals surface area contributed by atoms with Crippen molar-refractivity contribution >= 4 is 16.9 Å². The van der Waals surface area contributed by atoms with Crippen molar-refractivity contribution in [2.45, 2.75) is 19.3 Å². The Morgan fingerprint density at radius 3 is 2.84 bits per heavy atom. The van der Waals surface area contributed by atoms with Crippen LogP contribution < -0.4 is 5.56 Å². The number of hydrogen-bond acceptors (Lipinski definition) is 5. The first kappa shape index (κ1) is 15.6. The highest BCUT2D eigenvalue weighted by atomic mass is 16.5. The average Bonchev–Trinajstić information content (AvgIpc) is 2.99. The summed E-state index contributed by atoms with van der Waals surface area (Å²) in [5.74, 6) is 0.622. The van der Waals surface area contributed by atoms with Crippen LogP contribution >= 0.6 is 0 Å². The van der Waals surface area contributed by atoms with Crippen molar-refractivity contribution in [3.8, 4) is 0 Å². The summed E-state index contributed by atoms with van der Waals surface area (Å²) >= 11 is 0. The summed E-state index contributed by atoms with van der Waals surface area (Å²) in [5, 5.41) is 2.28. The number of benzene rings is 1. The number of para-hydroxylation sites is 2. The third-order valence-electron chi connectivity index (χ3n) is 4.57. The van der Waals surface area contributed by atoms with Gasteiger partial charge in [-0.1, -0.05) is 19.1 Å². The Hall–Kier alpha value is -2.96. The topological polar surface area (TPSA) is 92.1 Å². The van der Waals surface area contributed by atoms with Gasteiger partial charge in [0.05, 0.1) is 22.6 Å². The van der Waals surface area contributed by atoms with Crippen LogP contribution in [0.1, 0.15) is 24.3 Å². The summed E-state index contributed by atoms with van der Waals surface area (Å²) in [7, 11) is 0. The van der Waals surface area contributed by atoms with E-state index >= 15 is 0 Å². The van der Waals surface area contributed by atoms with E-state index in [1.165, 1.54) is 6.07 Å². The Morgan fingerprint density at radius 1 is 1.36 bits per heavy atom. The highest BCUT2D eigenvalue weighted by Crippen LogP contribution is 2.27. The van der Waals surface area contributed by atoms with Gasteiger partial charge in [0.25, 0.3) is 5.56 Å². The molecular weight excluding hydrogens is 320 g/mol. The molecule has 1 amide bonds. The lowest BCUT2D eigenvalue weighted by Crippen LogP contribution is -2.50. The Kier molecular flexibility index (Phi) is 3.83. The highest BCUT2D eigenvalue weighted by molar-refractivity contribution is 5.80. The molecule has 3 aromatic rings. The molecule has 0 aliphatic carbocycles. The van der Waals surface area contributed by atoms with E-state index in [9.17, 15) is 9.59 Å². The van der Waals surface area contributed by atoms with E-state index in [1.807, 2.05) is 31.2 Å². The first-order valence-corrected chi connectivity index (χ1v) is 8.28. The summed E-state index contributed by atoms with van der Waals surface area (Å²) in [6.07, 6.45) is 2.29. The van der Waals surface area contributed by atoms with Crippen LogP contribution in [0, 0.1) is 5.92 Å². The molecule has 1 aromatic carbocycles. The maximum absolute atomic E-state index is 12.6. The van der Waals surface area contributed by atoms with Crippen LogP contribution in [-0.2, 0) is 11.2 Å². The zero-order chi connectivity index (χ0) is 17.4. The molecule has 128 valence electrons. The van der Waals surface area contributed by atoms with Crippen molar-refractivity contribution in [3.63, 3.8) is 0 Å².